The minimum Gasteiger partial charge on any atom is -0.468 e. The molecular weight excluding hydrogens is 287 g/mol. The number of hydrogen-bond acceptors (Lipinski definition) is 4. The lowest BCUT2D eigenvalue weighted by Gasteiger charge is -2.11. The molecule has 0 saturated carbocycles. The number of alkyl halides is 3. The van der Waals surface area contributed by atoms with Gasteiger partial charge in [-0.05, 0) is 25.5 Å². The van der Waals surface area contributed by atoms with Gasteiger partial charge in [-0.1, -0.05) is 0 Å². The fourth-order valence-electron chi connectivity index (χ4n) is 2.06. The third-order valence-electron chi connectivity index (χ3n) is 3.00. The van der Waals surface area contributed by atoms with Gasteiger partial charge in [0.2, 0.25) is 11.8 Å². The van der Waals surface area contributed by atoms with E-state index in [4.69, 9.17) is 0 Å². The van der Waals surface area contributed by atoms with Gasteiger partial charge in [0.15, 0.2) is 6.61 Å². The van der Waals surface area contributed by atoms with Crippen LogP contribution in [0.2, 0.25) is 0 Å². The van der Waals surface area contributed by atoms with Crippen molar-refractivity contribution >= 4 is 11.6 Å². The van der Waals surface area contributed by atoms with E-state index in [0.29, 0.717) is 12.1 Å². The number of nitrogens with one attached hydrogen (secondary N) is 2. The summed E-state index contributed by atoms with van der Waals surface area (Å²) in [6.07, 6.45) is -0.735. The van der Waals surface area contributed by atoms with Crippen molar-refractivity contribution in [1.29, 1.82) is 0 Å². The molecule has 1 unspecified atom stereocenters. The highest BCUT2D eigenvalue weighted by molar-refractivity contribution is 5.90. The van der Waals surface area contributed by atoms with Gasteiger partial charge in [-0.3, -0.25) is 4.79 Å². The number of ether oxygens (including phenoxy) is 1. The van der Waals surface area contributed by atoms with E-state index in [1.807, 2.05) is 0 Å². The summed E-state index contributed by atoms with van der Waals surface area (Å²) in [6.45, 7) is -0.468. The number of amides is 1. The Kier molecular flexibility index (Phi) is 5.00. The SMILES string of the molecule is O=C(CC1CCCN1)Nc1ccc(OCC(F)(F)F)nc1. The number of halogens is 3. The Bertz CT molecular complexity index is 471. The van der Waals surface area contributed by atoms with E-state index in [1.165, 1.54) is 18.3 Å². The number of nitrogens with zero attached hydrogens (tertiary/aromatic N) is 1. The number of rotatable bonds is 5. The van der Waals surface area contributed by atoms with Crippen molar-refractivity contribution in [2.24, 2.45) is 0 Å². The molecule has 21 heavy (non-hydrogen) atoms. The van der Waals surface area contributed by atoms with Crippen LogP contribution in [-0.4, -0.2) is 36.3 Å². The molecule has 1 aliphatic heterocycles. The van der Waals surface area contributed by atoms with E-state index in [1.54, 1.807) is 0 Å². The first-order valence-electron chi connectivity index (χ1n) is 6.61. The molecule has 0 radical (unpaired) electrons. The summed E-state index contributed by atoms with van der Waals surface area (Å²) in [6, 6.07) is 2.93. The summed E-state index contributed by atoms with van der Waals surface area (Å²) in [5.74, 6) is -0.289. The molecule has 0 spiro atoms. The molecular formula is C13H16F3N3O2. The summed E-state index contributed by atoms with van der Waals surface area (Å²) < 4.78 is 40.4. The Hall–Kier alpha value is -1.83. The van der Waals surface area contributed by atoms with Crippen LogP contribution < -0.4 is 15.4 Å². The standard InChI is InChI=1S/C13H16F3N3O2/c14-13(15,16)8-21-12-4-3-10(7-18-12)19-11(20)6-9-2-1-5-17-9/h3-4,7,9,17H,1-2,5-6,8H2,(H,19,20). The number of aromatic nitrogens is 1. The predicted octanol–water partition coefficient (Wildman–Crippen LogP) is 2.10. The molecule has 1 amide bonds. The monoisotopic (exact) mass is 303 g/mol. The van der Waals surface area contributed by atoms with E-state index in [2.05, 4.69) is 20.4 Å². The second-order valence-corrected chi connectivity index (χ2v) is 4.83. The van der Waals surface area contributed by atoms with E-state index in [9.17, 15) is 18.0 Å². The zero-order valence-corrected chi connectivity index (χ0v) is 11.2. The first-order chi connectivity index (χ1) is 9.92. The molecule has 0 aromatic carbocycles. The van der Waals surface area contributed by atoms with Gasteiger partial charge in [-0.15, -0.1) is 0 Å². The molecule has 2 rings (SSSR count). The fraction of sp³-hybridized carbons (Fsp3) is 0.538. The highest BCUT2D eigenvalue weighted by Crippen LogP contribution is 2.18. The normalized spacial score (nSPS) is 18.5. The number of pyridine rings is 1. The second-order valence-electron chi connectivity index (χ2n) is 4.83. The van der Waals surface area contributed by atoms with Gasteiger partial charge in [0.25, 0.3) is 0 Å². The van der Waals surface area contributed by atoms with Crippen LogP contribution in [0.4, 0.5) is 18.9 Å². The zero-order valence-electron chi connectivity index (χ0n) is 11.2. The van der Waals surface area contributed by atoms with Gasteiger partial charge < -0.3 is 15.4 Å². The summed E-state index contributed by atoms with van der Waals surface area (Å²) in [7, 11) is 0. The van der Waals surface area contributed by atoms with Crippen LogP contribution in [0.1, 0.15) is 19.3 Å². The molecule has 1 saturated heterocycles. The van der Waals surface area contributed by atoms with E-state index >= 15 is 0 Å². The first kappa shape index (κ1) is 15.6. The smallest absolute Gasteiger partial charge is 0.422 e. The van der Waals surface area contributed by atoms with Crippen molar-refractivity contribution in [3.8, 4) is 5.88 Å². The minimum absolute atomic E-state index is 0.136. The molecule has 1 atom stereocenters. The third-order valence-corrected chi connectivity index (χ3v) is 3.00. The lowest BCUT2D eigenvalue weighted by atomic mass is 10.1. The van der Waals surface area contributed by atoms with Crippen molar-refractivity contribution < 1.29 is 22.7 Å². The minimum atomic E-state index is -4.40. The molecule has 1 aliphatic rings. The van der Waals surface area contributed by atoms with Crippen LogP contribution in [0.25, 0.3) is 0 Å². The third kappa shape index (κ3) is 5.58. The molecule has 5 nitrogen and oxygen atoms in total. The Balaban J connectivity index is 1.80. The van der Waals surface area contributed by atoms with Crippen LogP contribution in [0.3, 0.4) is 0 Å². The summed E-state index contributed by atoms with van der Waals surface area (Å²) >= 11 is 0. The molecule has 2 heterocycles. The lowest BCUT2D eigenvalue weighted by Crippen LogP contribution is -2.27. The van der Waals surface area contributed by atoms with Gasteiger partial charge in [-0.2, -0.15) is 13.2 Å². The van der Waals surface area contributed by atoms with Crippen molar-refractivity contribution in [2.45, 2.75) is 31.5 Å². The maximum atomic E-state index is 12.0. The van der Waals surface area contributed by atoms with Gasteiger partial charge in [-0.25, -0.2) is 4.98 Å². The largest absolute Gasteiger partial charge is 0.468 e. The molecule has 0 bridgehead atoms. The molecule has 1 fully saturated rings. The lowest BCUT2D eigenvalue weighted by molar-refractivity contribution is -0.154. The molecule has 1 aromatic rings. The molecule has 8 heteroatoms. The van der Waals surface area contributed by atoms with Gasteiger partial charge in [0.05, 0.1) is 11.9 Å². The Labute approximate surface area is 119 Å². The van der Waals surface area contributed by atoms with Crippen molar-refractivity contribution in [1.82, 2.24) is 10.3 Å². The summed E-state index contributed by atoms with van der Waals surface area (Å²) in [5, 5.41) is 5.86. The number of carbonyl (C=O) groups excluding carboxylic acids is 1. The zero-order chi connectivity index (χ0) is 15.3. The number of anilines is 1. The average molecular weight is 303 g/mol. The maximum Gasteiger partial charge on any atom is 0.422 e. The highest BCUT2D eigenvalue weighted by Gasteiger charge is 2.28. The topological polar surface area (TPSA) is 63.2 Å². The van der Waals surface area contributed by atoms with Gasteiger partial charge >= 0.3 is 6.18 Å². The second kappa shape index (κ2) is 6.75. The number of hydrogen-bond donors (Lipinski definition) is 2. The fourth-order valence-corrected chi connectivity index (χ4v) is 2.06. The van der Waals surface area contributed by atoms with Gasteiger partial charge in [0, 0.05) is 18.5 Å². The van der Waals surface area contributed by atoms with Gasteiger partial charge in [0.1, 0.15) is 0 Å². The van der Waals surface area contributed by atoms with Crippen LogP contribution in [0, 0.1) is 0 Å². The van der Waals surface area contributed by atoms with Crippen molar-refractivity contribution in [2.75, 3.05) is 18.5 Å². The van der Waals surface area contributed by atoms with E-state index in [-0.39, 0.29) is 17.8 Å². The summed E-state index contributed by atoms with van der Waals surface area (Å²) in [5.41, 5.74) is 0.428. The van der Waals surface area contributed by atoms with Crippen LogP contribution in [-0.2, 0) is 4.79 Å². The maximum absolute atomic E-state index is 12.0. The highest BCUT2D eigenvalue weighted by atomic mass is 19.4. The Morgan fingerprint density at radius 3 is 2.86 bits per heavy atom. The first-order valence-corrected chi connectivity index (χ1v) is 6.61. The van der Waals surface area contributed by atoms with Crippen molar-refractivity contribution in [3.05, 3.63) is 18.3 Å². The molecule has 0 aliphatic carbocycles. The average Bonchev–Trinajstić information content (AvgIpc) is 2.89. The van der Waals surface area contributed by atoms with E-state index in [0.717, 1.165) is 19.4 Å². The Morgan fingerprint density at radius 1 is 1.48 bits per heavy atom. The predicted molar refractivity (Wildman–Crippen MR) is 70.1 cm³/mol. The van der Waals surface area contributed by atoms with Crippen LogP contribution >= 0.6 is 0 Å². The van der Waals surface area contributed by atoms with Crippen molar-refractivity contribution in [3.63, 3.8) is 0 Å². The Morgan fingerprint density at radius 2 is 2.29 bits per heavy atom. The van der Waals surface area contributed by atoms with Crippen LogP contribution in [0.15, 0.2) is 18.3 Å². The van der Waals surface area contributed by atoms with E-state index < -0.39 is 12.8 Å². The van der Waals surface area contributed by atoms with Crippen LogP contribution in [0.5, 0.6) is 5.88 Å². The molecule has 2 N–H and O–H groups in total. The number of carbonyl (C=O) groups is 1. The molecule has 1 aromatic heterocycles. The summed E-state index contributed by atoms with van der Waals surface area (Å²) in [4.78, 5) is 15.5. The quantitative estimate of drug-likeness (QED) is 0.874. The molecule has 116 valence electrons.